The van der Waals surface area contributed by atoms with Crippen LogP contribution < -0.4 is 10.4 Å². The first kappa shape index (κ1) is 22.9. The van der Waals surface area contributed by atoms with Crippen molar-refractivity contribution in [3.63, 3.8) is 0 Å². The van der Waals surface area contributed by atoms with E-state index in [9.17, 15) is 4.79 Å². The van der Waals surface area contributed by atoms with Crippen molar-refractivity contribution in [1.29, 1.82) is 0 Å². The first-order chi connectivity index (χ1) is 15.9. The SMILES string of the molecule is C#CCOc1ccc2c(c1)c(-c1ccc(C(C)C)cc1)nc(=O)n2Cc1ccc(Cl)c(Cl)c1. The summed E-state index contributed by atoms with van der Waals surface area (Å²) in [5, 5.41) is 1.69. The molecule has 1 aromatic heterocycles. The van der Waals surface area contributed by atoms with E-state index < -0.39 is 0 Å². The molecule has 0 bridgehead atoms. The van der Waals surface area contributed by atoms with Crippen molar-refractivity contribution >= 4 is 34.1 Å². The molecule has 0 aliphatic rings. The van der Waals surface area contributed by atoms with Crippen molar-refractivity contribution in [2.24, 2.45) is 0 Å². The molecule has 3 aromatic carbocycles. The third kappa shape index (κ3) is 4.90. The summed E-state index contributed by atoms with van der Waals surface area (Å²) >= 11 is 12.2. The normalized spacial score (nSPS) is 11.0. The highest BCUT2D eigenvalue weighted by atomic mass is 35.5. The second kappa shape index (κ2) is 9.70. The zero-order valence-corrected chi connectivity index (χ0v) is 19.8. The number of halogens is 2. The Hall–Kier alpha value is -3.26. The topological polar surface area (TPSA) is 44.1 Å². The first-order valence-corrected chi connectivity index (χ1v) is 11.3. The van der Waals surface area contributed by atoms with Crippen LogP contribution in [0.2, 0.25) is 10.0 Å². The van der Waals surface area contributed by atoms with Crippen molar-refractivity contribution in [2.75, 3.05) is 6.61 Å². The Morgan fingerprint density at radius 2 is 1.79 bits per heavy atom. The van der Waals surface area contributed by atoms with Crippen LogP contribution in [-0.2, 0) is 6.54 Å². The molecule has 0 saturated carbocycles. The molecule has 0 saturated heterocycles. The van der Waals surface area contributed by atoms with Gasteiger partial charge in [0.05, 0.1) is 27.8 Å². The smallest absolute Gasteiger partial charge is 0.348 e. The average Bonchev–Trinajstić information content (AvgIpc) is 2.81. The lowest BCUT2D eigenvalue weighted by Gasteiger charge is -2.15. The van der Waals surface area contributed by atoms with Crippen LogP contribution >= 0.6 is 23.2 Å². The zero-order chi connectivity index (χ0) is 23.5. The van der Waals surface area contributed by atoms with E-state index in [1.54, 1.807) is 22.8 Å². The Kier molecular flexibility index (Phi) is 6.74. The molecule has 0 N–H and O–H groups in total. The van der Waals surface area contributed by atoms with Crippen molar-refractivity contribution in [1.82, 2.24) is 9.55 Å². The summed E-state index contributed by atoms with van der Waals surface area (Å²) in [6.45, 7) is 4.74. The highest BCUT2D eigenvalue weighted by Crippen LogP contribution is 2.30. The van der Waals surface area contributed by atoms with Crippen LogP contribution in [-0.4, -0.2) is 16.2 Å². The van der Waals surface area contributed by atoms with Crippen molar-refractivity contribution in [3.8, 4) is 29.4 Å². The number of benzene rings is 3. The summed E-state index contributed by atoms with van der Waals surface area (Å²) in [4.78, 5) is 17.6. The second-order valence-electron chi connectivity index (χ2n) is 8.03. The molecule has 0 aliphatic carbocycles. The third-order valence-electron chi connectivity index (χ3n) is 5.45. The van der Waals surface area contributed by atoms with Crippen molar-refractivity contribution < 1.29 is 4.74 Å². The van der Waals surface area contributed by atoms with Gasteiger partial charge in [-0.15, -0.1) is 6.42 Å². The molecule has 33 heavy (non-hydrogen) atoms. The fourth-order valence-electron chi connectivity index (χ4n) is 3.69. The van der Waals surface area contributed by atoms with Gasteiger partial charge >= 0.3 is 5.69 Å². The summed E-state index contributed by atoms with van der Waals surface area (Å²) in [5.41, 5.74) is 3.90. The maximum atomic E-state index is 13.2. The maximum Gasteiger partial charge on any atom is 0.348 e. The number of hydrogen-bond acceptors (Lipinski definition) is 3. The molecule has 0 spiro atoms. The van der Waals surface area contributed by atoms with E-state index in [-0.39, 0.29) is 12.3 Å². The minimum Gasteiger partial charge on any atom is -0.481 e. The molecule has 0 fully saturated rings. The minimum atomic E-state index is -0.353. The van der Waals surface area contributed by atoms with E-state index >= 15 is 0 Å². The standard InChI is InChI=1S/C27H22Cl2N2O2/c1-4-13-33-21-10-12-25-22(15-21)26(20-8-6-19(7-9-20)17(2)3)30-27(32)31(25)16-18-5-11-23(28)24(29)14-18/h1,5-12,14-15,17H,13,16H2,2-3H3. The van der Waals surface area contributed by atoms with E-state index in [4.69, 9.17) is 34.4 Å². The fourth-order valence-corrected chi connectivity index (χ4v) is 4.01. The molecule has 1 heterocycles. The van der Waals surface area contributed by atoms with Gasteiger partial charge in [0, 0.05) is 10.9 Å². The number of rotatable bonds is 6. The van der Waals surface area contributed by atoms with Crippen LogP contribution in [0.15, 0.2) is 65.5 Å². The molecule has 4 aromatic rings. The highest BCUT2D eigenvalue weighted by Gasteiger charge is 2.15. The van der Waals surface area contributed by atoms with Crippen LogP contribution in [0.3, 0.4) is 0 Å². The lowest BCUT2D eigenvalue weighted by molar-refractivity contribution is 0.371. The Morgan fingerprint density at radius 3 is 2.45 bits per heavy atom. The van der Waals surface area contributed by atoms with Gasteiger partial charge in [0.2, 0.25) is 0 Å². The minimum absolute atomic E-state index is 0.153. The van der Waals surface area contributed by atoms with Gasteiger partial charge in [0.25, 0.3) is 0 Å². The van der Waals surface area contributed by atoms with Crippen molar-refractivity contribution in [3.05, 3.63) is 92.3 Å². The Labute approximate surface area is 202 Å². The van der Waals surface area contributed by atoms with E-state index in [0.29, 0.717) is 34.0 Å². The molecule has 4 nitrogen and oxygen atoms in total. The molecule has 166 valence electrons. The third-order valence-corrected chi connectivity index (χ3v) is 6.19. The molecule has 0 amide bonds. The van der Waals surface area contributed by atoms with Gasteiger partial charge in [-0.3, -0.25) is 4.57 Å². The summed E-state index contributed by atoms with van der Waals surface area (Å²) < 4.78 is 7.26. The number of terminal acetylenes is 1. The van der Waals surface area contributed by atoms with Crippen LogP contribution in [0.5, 0.6) is 5.75 Å². The van der Waals surface area contributed by atoms with Gasteiger partial charge in [-0.25, -0.2) is 4.79 Å². The molecule has 0 aliphatic heterocycles. The van der Waals surface area contributed by atoms with E-state index in [1.807, 2.05) is 30.3 Å². The highest BCUT2D eigenvalue weighted by molar-refractivity contribution is 6.42. The molecular formula is C27H22Cl2N2O2. The van der Waals surface area contributed by atoms with Gasteiger partial charge in [0.1, 0.15) is 12.4 Å². The number of ether oxygens (including phenoxy) is 1. The molecular weight excluding hydrogens is 455 g/mol. The van der Waals surface area contributed by atoms with E-state index in [0.717, 1.165) is 22.0 Å². The average molecular weight is 477 g/mol. The number of nitrogens with zero attached hydrogens (tertiary/aromatic N) is 2. The quantitative estimate of drug-likeness (QED) is 0.296. The number of fused-ring (bicyclic) bond motifs is 1. The van der Waals surface area contributed by atoms with Crippen LogP contribution in [0, 0.1) is 12.3 Å². The molecule has 4 rings (SSSR count). The monoisotopic (exact) mass is 476 g/mol. The fraction of sp³-hybridized carbons (Fsp3) is 0.185. The Bertz CT molecular complexity index is 1420. The second-order valence-corrected chi connectivity index (χ2v) is 8.84. The lowest BCUT2D eigenvalue weighted by atomic mass is 9.99. The summed E-state index contributed by atoms with van der Waals surface area (Å²) in [5.74, 6) is 3.50. The van der Waals surface area contributed by atoms with Crippen LogP contribution in [0.1, 0.15) is 30.9 Å². The predicted molar refractivity (Wildman–Crippen MR) is 135 cm³/mol. The van der Waals surface area contributed by atoms with Gasteiger partial charge in [-0.1, -0.05) is 73.3 Å². The summed E-state index contributed by atoms with van der Waals surface area (Å²) in [6.07, 6.45) is 5.35. The first-order valence-electron chi connectivity index (χ1n) is 10.5. The number of aromatic nitrogens is 2. The lowest BCUT2D eigenvalue weighted by Crippen LogP contribution is -2.24. The zero-order valence-electron chi connectivity index (χ0n) is 18.3. The Morgan fingerprint density at radius 1 is 1.03 bits per heavy atom. The van der Waals surface area contributed by atoms with E-state index in [2.05, 4.69) is 36.9 Å². The largest absolute Gasteiger partial charge is 0.481 e. The summed E-state index contributed by atoms with van der Waals surface area (Å²) in [7, 11) is 0. The van der Waals surface area contributed by atoms with Gasteiger partial charge in [-0.05, 0) is 47.4 Å². The van der Waals surface area contributed by atoms with Gasteiger partial charge in [-0.2, -0.15) is 4.98 Å². The summed E-state index contributed by atoms with van der Waals surface area (Å²) in [6, 6.07) is 19.0. The maximum absolute atomic E-state index is 13.2. The number of hydrogen-bond donors (Lipinski definition) is 0. The predicted octanol–water partition coefficient (Wildman–Crippen LogP) is 6.55. The molecule has 0 atom stereocenters. The molecule has 0 radical (unpaired) electrons. The van der Waals surface area contributed by atoms with Crippen LogP contribution in [0.25, 0.3) is 22.2 Å². The van der Waals surface area contributed by atoms with Gasteiger partial charge in [0.15, 0.2) is 0 Å². The van der Waals surface area contributed by atoms with E-state index in [1.165, 1.54) is 5.56 Å². The molecule has 6 heteroatoms. The van der Waals surface area contributed by atoms with Gasteiger partial charge < -0.3 is 4.74 Å². The van der Waals surface area contributed by atoms with Crippen molar-refractivity contribution in [2.45, 2.75) is 26.3 Å². The molecule has 0 unspecified atom stereocenters. The Balaban J connectivity index is 1.89. The van der Waals surface area contributed by atoms with Crippen LogP contribution in [0.4, 0.5) is 0 Å².